The minimum absolute atomic E-state index is 0.194. The van der Waals surface area contributed by atoms with Crippen molar-refractivity contribution in [1.29, 1.82) is 0 Å². The summed E-state index contributed by atoms with van der Waals surface area (Å²) >= 11 is 5.64. The summed E-state index contributed by atoms with van der Waals surface area (Å²) in [6.45, 7) is 4.48. The zero-order chi connectivity index (χ0) is 14.3. The normalized spacial score (nSPS) is 11.9. The fourth-order valence-corrected chi connectivity index (χ4v) is 1.81. The molecule has 0 spiro atoms. The molecule has 0 bridgehead atoms. The Hall–Kier alpha value is -0.940. The molecule has 1 aromatic rings. The van der Waals surface area contributed by atoms with Crippen molar-refractivity contribution in [2.24, 2.45) is 0 Å². The zero-order valence-corrected chi connectivity index (χ0v) is 11.5. The van der Waals surface area contributed by atoms with E-state index in [1.165, 1.54) is 12.1 Å². The van der Waals surface area contributed by atoms with Crippen molar-refractivity contribution in [3.05, 3.63) is 29.8 Å². The molecule has 0 amide bonds. The highest BCUT2D eigenvalue weighted by molar-refractivity contribution is 6.17. The van der Waals surface area contributed by atoms with E-state index in [0.29, 0.717) is 12.4 Å². The Morgan fingerprint density at radius 1 is 1.21 bits per heavy atom. The second-order valence-corrected chi connectivity index (χ2v) is 4.48. The van der Waals surface area contributed by atoms with Crippen LogP contribution >= 0.6 is 11.6 Å². The number of benzene rings is 1. The summed E-state index contributed by atoms with van der Waals surface area (Å²) in [6.07, 6.45) is -3.75. The Balaban J connectivity index is 2.55. The molecule has 0 saturated carbocycles. The van der Waals surface area contributed by atoms with E-state index in [9.17, 15) is 13.2 Å². The molecule has 1 aromatic carbocycles. The van der Waals surface area contributed by atoms with Gasteiger partial charge in [0.15, 0.2) is 0 Å². The fourth-order valence-electron chi connectivity index (χ4n) is 1.69. The summed E-state index contributed by atoms with van der Waals surface area (Å²) in [5, 5.41) is 0. The topological polar surface area (TPSA) is 12.5 Å². The lowest BCUT2D eigenvalue weighted by Crippen LogP contribution is -2.24. The number of hydrogen-bond acceptors (Lipinski definition) is 2. The van der Waals surface area contributed by atoms with Crippen LogP contribution in [-0.2, 0) is 6.54 Å². The van der Waals surface area contributed by atoms with E-state index in [1.807, 2.05) is 6.92 Å². The maximum absolute atomic E-state index is 12.0. The number of hydrogen-bond donors (Lipinski definition) is 0. The van der Waals surface area contributed by atoms with Crippen molar-refractivity contribution in [1.82, 2.24) is 4.90 Å². The summed E-state index contributed by atoms with van der Waals surface area (Å²) in [7, 11) is 0. The summed E-state index contributed by atoms with van der Waals surface area (Å²) < 4.78 is 39.8. The maximum Gasteiger partial charge on any atom is 0.573 e. The van der Waals surface area contributed by atoms with E-state index < -0.39 is 6.36 Å². The van der Waals surface area contributed by atoms with E-state index in [-0.39, 0.29) is 5.75 Å². The maximum atomic E-state index is 12.0. The van der Waals surface area contributed by atoms with E-state index in [0.717, 1.165) is 25.1 Å². The summed E-state index contributed by atoms with van der Waals surface area (Å²) in [5.41, 5.74) is 0.950. The van der Waals surface area contributed by atoms with Crippen LogP contribution in [0.4, 0.5) is 13.2 Å². The average Bonchev–Trinajstić information content (AvgIpc) is 2.34. The van der Waals surface area contributed by atoms with Crippen molar-refractivity contribution in [2.75, 3.05) is 19.0 Å². The van der Waals surface area contributed by atoms with Crippen molar-refractivity contribution < 1.29 is 17.9 Å². The monoisotopic (exact) mass is 295 g/mol. The molecule has 1 rings (SSSR count). The molecule has 0 fully saturated rings. The molecule has 2 nitrogen and oxygen atoms in total. The van der Waals surface area contributed by atoms with Crippen LogP contribution in [0.3, 0.4) is 0 Å². The van der Waals surface area contributed by atoms with Crippen molar-refractivity contribution in [3.63, 3.8) is 0 Å². The van der Waals surface area contributed by atoms with Crippen LogP contribution in [0.2, 0.25) is 0 Å². The lowest BCUT2D eigenvalue weighted by Gasteiger charge is -2.20. The van der Waals surface area contributed by atoms with Gasteiger partial charge in [-0.1, -0.05) is 19.1 Å². The predicted molar refractivity (Wildman–Crippen MR) is 69.4 cm³/mol. The first-order valence-electron chi connectivity index (χ1n) is 6.07. The van der Waals surface area contributed by atoms with Crippen LogP contribution in [0.15, 0.2) is 24.3 Å². The first-order chi connectivity index (χ1) is 8.94. The lowest BCUT2D eigenvalue weighted by molar-refractivity contribution is -0.274. The van der Waals surface area contributed by atoms with Gasteiger partial charge in [0.1, 0.15) is 5.75 Å². The minimum Gasteiger partial charge on any atom is -0.406 e. The van der Waals surface area contributed by atoms with E-state index >= 15 is 0 Å². The molecule has 0 heterocycles. The summed E-state index contributed by atoms with van der Waals surface area (Å²) in [6, 6.07) is 5.95. The molecule has 0 N–H and O–H groups in total. The second-order valence-electron chi connectivity index (χ2n) is 4.10. The Morgan fingerprint density at radius 2 is 1.84 bits per heavy atom. The third-order valence-electron chi connectivity index (χ3n) is 2.62. The molecular weight excluding hydrogens is 279 g/mol. The average molecular weight is 296 g/mol. The standard InChI is InChI=1S/C13H17ClF3NO/c1-2-18(9-3-8-14)10-11-4-6-12(7-5-11)19-13(15,16)17/h4-7H,2-3,8-10H2,1H3. The van der Waals surface area contributed by atoms with E-state index in [1.54, 1.807) is 12.1 Å². The van der Waals surface area contributed by atoms with Crippen molar-refractivity contribution >= 4 is 11.6 Å². The lowest BCUT2D eigenvalue weighted by atomic mass is 10.2. The van der Waals surface area contributed by atoms with Gasteiger partial charge in [0.05, 0.1) is 0 Å². The smallest absolute Gasteiger partial charge is 0.406 e. The molecule has 0 aliphatic heterocycles. The number of nitrogens with zero attached hydrogens (tertiary/aromatic N) is 1. The van der Waals surface area contributed by atoms with Crippen LogP contribution in [0, 0.1) is 0 Å². The number of halogens is 4. The quantitative estimate of drug-likeness (QED) is 0.704. The van der Waals surface area contributed by atoms with Gasteiger partial charge < -0.3 is 4.74 Å². The van der Waals surface area contributed by atoms with Gasteiger partial charge in [-0.3, -0.25) is 4.90 Å². The van der Waals surface area contributed by atoms with Gasteiger partial charge in [-0.25, -0.2) is 0 Å². The van der Waals surface area contributed by atoms with E-state index in [4.69, 9.17) is 11.6 Å². The molecule has 0 radical (unpaired) electrons. The van der Waals surface area contributed by atoms with Gasteiger partial charge in [-0.15, -0.1) is 24.8 Å². The van der Waals surface area contributed by atoms with Crippen LogP contribution in [0.1, 0.15) is 18.9 Å². The molecule has 19 heavy (non-hydrogen) atoms. The molecule has 0 unspecified atom stereocenters. The fraction of sp³-hybridized carbons (Fsp3) is 0.538. The first-order valence-corrected chi connectivity index (χ1v) is 6.61. The molecule has 0 aliphatic rings. The molecular formula is C13H17ClF3NO. The van der Waals surface area contributed by atoms with Crippen LogP contribution in [0.5, 0.6) is 5.75 Å². The molecule has 0 saturated heterocycles. The summed E-state index contributed by atoms with van der Waals surface area (Å²) in [5.74, 6) is 0.412. The molecule has 0 aromatic heterocycles. The van der Waals surface area contributed by atoms with Gasteiger partial charge in [-0.2, -0.15) is 0 Å². The number of ether oxygens (including phenoxy) is 1. The van der Waals surface area contributed by atoms with Crippen molar-refractivity contribution in [2.45, 2.75) is 26.3 Å². The molecule has 0 atom stereocenters. The highest BCUT2D eigenvalue weighted by Crippen LogP contribution is 2.23. The Morgan fingerprint density at radius 3 is 2.32 bits per heavy atom. The molecule has 6 heteroatoms. The molecule has 0 aliphatic carbocycles. The Bertz CT molecular complexity index is 367. The van der Waals surface area contributed by atoms with E-state index in [2.05, 4.69) is 9.64 Å². The number of alkyl halides is 4. The van der Waals surface area contributed by atoms with Gasteiger partial charge in [0.2, 0.25) is 0 Å². The Kier molecular flexibility index (Phi) is 6.45. The van der Waals surface area contributed by atoms with Gasteiger partial charge >= 0.3 is 6.36 Å². The van der Waals surface area contributed by atoms with Gasteiger partial charge in [0, 0.05) is 12.4 Å². The first kappa shape index (κ1) is 16.1. The third kappa shape index (κ3) is 6.68. The van der Waals surface area contributed by atoms with Crippen molar-refractivity contribution in [3.8, 4) is 5.75 Å². The zero-order valence-electron chi connectivity index (χ0n) is 10.7. The van der Waals surface area contributed by atoms with Crippen LogP contribution in [-0.4, -0.2) is 30.2 Å². The highest BCUT2D eigenvalue weighted by Gasteiger charge is 2.30. The van der Waals surface area contributed by atoms with Gasteiger partial charge in [0.25, 0.3) is 0 Å². The Labute approximate surface area is 116 Å². The summed E-state index contributed by atoms with van der Waals surface area (Å²) in [4.78, 5) is 2.18. The van der Waals surface area contributed by atoms with Crippen LogP contribution in [0.25, 0.3) is 0 Å². The minimum atomic E-state index is -4.64. The molecule has 108 valence electrons. The largest absolute Gasteiger partial charge is 0.573 e. The highest BCUT2D eigenvalue weighted by atomic mass is 35.5. The SMILES string of the molecule is CCN(CCCCl)Cc1ccc(OC(F)(F)F)cc1. The second kappa shape index (κ2) is 7.60. The van der Waals surface area contributed by atoms with Crippen LogP contribution < -0.4 is 4.74 Å². The van der Waals surface area contributed by atoms with Gasteiger partial charge in [-0.05, 0) is 37.2 Å². The number of rotatable bonds is 7. The predicted octanol–water partition coefficient (Wildman–Crippen LogP) is 4.04. The third-order valence-corrected chi connectivity index (χ3v) is 2.89.